The molecule has 1 atom stereocenters. The molecular weight excluding hydrogens is 318 g/mol. The lowest BCUT2D eigenvalue weighted by molar-refractivity contribution is -0.116. The molecule has 0 saturated heterocycles. The van der Waals surface area contributed by atoms with Crippen molar-refractivity contribution >= 4 is 37.4 Å². The van der Waals surface area contributed by atoms with Crippen LogP contribution in [0.3, 0.4) is 0 Å². The van der Waals surface area contributed by atoms with E-state index in [0.29, 0.717) is 5.69 Å². The third kappa shape index (κ3) is 3.68. The largest absolute Gasteiger partial charge is 0.326 e. The van der Waals surface area contributed by atoms with Gasteiger partial charge in [-0.15, -0.1) is 0 Å². The highest BCUT2D eigenvalue weighted by Gasteiger charge is 2.23. The van der Waals surface area contributed by atoms with E-state index >= 15 is 0 Å². The van der Waals surface area contributed by atoms with Crippen LogP contribution in [0, 0.1) is 5.92 Å². The number of allylic oxidation sites excluding steroid dienone is 1. The van der Waals surface area contributed by atoms with E-state index in [4.69, 9.17) is 0 Å². The fourth-order valence-electron chi connectivity index (χ4n) is 1.75. The minimum atomic E-state index is -3.09. The average Bonchev–Trinajstić information content (AvgIpc) is 2.61. The lowest BCUT2D eigenvalue weighted by atomic mass is 10.1. The summed E-state index contributed by atoms with van der Waals surface area (Å²) in [6, 6.07) is 7.22. The predicted octanol–water partition coefficient (Wildman–Crippen LogP) is 2.34. The van der Waals surface area contributed by atoms with Gasteiger partial charge in [0, 0.05) is 27.9 Å². The second kappa shape index (κ2) is 5.24. The van der Waals surface area contributed by atoms with Crippen molar-refractivity contribution in [2.75, 3.05) is 11.1 Å². The second-order valence-corrected chi connectivity index (χ2v) is 7.02. The number of benzene rings is 1. The minimum Gasteiger partial charge on any atom is -0.326 e. The van der Waals surface area contributed by atoms with Gasteiger partial charge >= 0.3 is 0 Å². The van der Waals surface area contributed by atoms with Gasteiger partial charge in [-0.2, -0.15) is 0 Å². The maximum absolute atomic E-state index is 11.7. The van der Waals surface area contributed by atoms with Crippen molar-refractivity contribution in [3.63, 3.8) is 0 Å². The van der Waals surface area contributed by atoms with Gasteiger partial charge in [0.1, 0.15) is 0 Å². The zero-order valence-corrected chi connectivity index (χ0v) is 11.9. The maximum atomic E-state index is 11.7. The Balaban J connectivity index is 1.90. The first-order valence-electron chi connectivity index (χ1n) is 5.41. The molecular formula is C12H12BrNO3S. The van der Waals surface area contributed by atoms with Gasteiger partial charge in [-0.25, -0.2) is 8.42 Å². The molecule has 0 spiro atoms. The molecule has 0 radical (unpaired) electrons. The molecule has 0 aromatic heterocycles. The Kier molecular flexibility index (Phi) is 3.87. The van der Waals surface area contributed by atoms with Crippen molar-refractivity contribution in [2.45, 2.75) is 6.42 Å². The molecule has 1 N–H and O–H groups in total. The highest BCUT2D eigenvalue weighted by molar-refractivity contribution is 9.10. The minimum absolute atomic E-state index is 0.0285. The molecule has 6 heteroatoms. The monoisotopic (exact) mass is 329 g/mol. The molecule has 0 aliphatic carbocycles. The number of anilines is 1. The number of hydrogen-bond donors (Lipinski definition) is 1. The van der Waals surface area contributed by atoms with Gasteiger partial charge in [0.05, 0.1) is 5.75 Å². The van der Waals surface area contributed by atoms with Gasteiger partial charge in [0.2, 0.25) is 5.91 Å². The van der Waals surface area contributed by atoms with Gasteiger partial charge in [0.15, 0.2) is 9.84 Å². The molecule has 1 aliphatic heterocycles. The van der Waals surface area contributed by atoms with Crippen LogP contribution in [0.4, 0.5) is 5.69 Å². The molecule has 1 unspecified atom stereocenters. The van der Waals surface area contributed by atoms with Crippen LogP contribution < -0.4 is 5.32 Å². The first kappa shape index (κ1) is 13.3. The summed E-state index contributed by atoms with van der Waals surface area (Å²) in [6.45, 7) is 0. The number of halogens is 1. The summed E-state index contributed by atoms with van der Waals surface area (Å²) in [5, 5.41) is 3.92. The van der Waals surface area contributed by atoms with Crippen LogP contribution >= 0.6 is 15.9 Å². The molecule has 0 fully saturated rings. The van der Waals surface area contributed by atoms with E-state index in [1.807, 2.05) is 12.1 Å². The quantitative estimate of drug-likeness (QED) is 0.925. The topological polar surface area (TPSA) is 63.2 Å². The summed E-state index contributed by atoms with van der Waals surface area (Å²) in [6.07, 6.45) is 1.77. The van der Waals surface area contributed by atoms with Crippen molar-refractivity contribution in [3.8, 4) is 0 Å². The van der Waals surface area contributed by atoms with E-state index in [0.717, 1.165) is 4.47 Å². The summed E-state index contributed by atoms with van der Waals surface area (Å²) >= 11 is 3.31. The number of carbonyl (C=O) groups is 1. The molecule has 0 bridgehead atoms. The summed E-state index contributed by atoms with van der Waals surface area (Å²) in [5.74, 6) is -0.365. The summed E-state index contributed by atoms with van der Waals surface area (Å²) < 4.78 is 23.3. The zero-order chi connectivity index (χ0) is 13.2. The molecule has 4 nitrogen and oxygen atoms in total. The Bertz CT molecular complexity index is 578. The van der Waals surface area contributed by atoms with E-state index in [1.54, 1.807) is 18.2 Å². The maximum Gasteiger partial charge on any atom is 0.224 e. The number of rotatable bonds is 3. The van der Waals surface area contributed by atoms with Crippen LogP contribution in [0.1, 0.15) is 6.42 Å². The van der Waals surface area contributed by atoms with Gasteiger partial charge < -0.3 is 5.32 Å². The average molecular weight is 330 g/mol. The van der Waals surface area contributed by atoms with Crippen LogP contribution in [-0.2, 0) is 14.6 Å². The third-order valence-electron chi connectivity index (χ3n) is 2.58. The Morgan fingerprint density at radius 2 is 2.00 bits per heavy atom. The number of amides is 1. The molecule has 0 saturated carbocycles. The molecule has 96 valence electrons. The van der Waals surface area contributed by atoms with Gasteiger partial charge in [0.25, 0.3) is 0 Å². The Hall–Kier alpha value is -1.14. The van der Waals surface area contributed by atoms with Gasteiger partial charge in [-0.1, -0.05) is 22.0 Å². The number of nitrogens with one attached hydrogen (secondary N) is 1. The summed E-state index contributed by atoms with van der Waals surface area (Å²) in [4.78, 5) is 11.7. The fraction of sp³-hybridized carbons (Fsp3) is 0.250. The normalized spacial score (nSPS) is 20.8. The number of carbonyl (C=O) groups excluding carboxylic acids is 1. The van der Waals surface area contributed by atoms with E-state index in [-0.39, 0.29) is 24.0 Å². The lowest BCUT2D eigenvalue weighted by Gasteiger charge is -2.08. The number of sulfone groups is 1. The first-order chi connectivity index (χ1) is 8.44. The molecule has 18 heavy (non-hydrogen) atoms. The van der Waals surface area contributed by atoms with Crippen molar-refractivity contribution in [3.05, 3.63) is 40.2 Å². The van der Waals surface area contributed by atoms with Gasteiger partial charge in [-0.05, 0) is 24.3 Å². The highest BCUT2D eigenvalue weighted by Crippen LogP contribution is 2.19. The van der Waals surface area contributed by atoms with Crippen LogP contribution in [0.5, 0.6) is 0 Å². The van der Waals surface area contributed by atoms with E-state index in [9.17, 15) is 13.2 Å². The van der Waals surface area contributed by atoms with Crippen molar-refractivity contribution in [2.24, 2.45) is 5.92 Å². The molecule has 1 aliphatic rings. The lowest BCUT2D eigenvalue weighted by Crippen LogP contribution is -2.17. The van der Waals surface area contributed by atoms with Crippen molar-refractivity contribution in [1.29, 1.82) is 0 Å². The standard InChI is InChI=1S/C12H12BrNO3S/c13-10-1-3-11(4-2-10)14-12(15)7-9-5-6-18(16,17)8-9/h1-6,9H,7-8H2,(H,14,15). The van der Waals surface area contributed by atoms with E-state index in [1.165, 1.54) is 5.41 Å². The third-order valence-corrected chi connectivity index (χ3v) is 4.57. The zero-order valence-electron chi connectivity index (χ0n) is 9.47. The summed E-state index contributed by atoms with van der Waals surface area (Å²) in [7, 11) is -3.09. The SMILES string of the molecule is O=C(CC1C=CS(=O)(=O)C1)Nc1ccc(Br)cc1. The van der Waals surface area contributed by atoms with Crippen LogP contribution in [0.15, 0.2) is 40.2 Å². The predicted molar refractivity (Wildman–Crippen MR) is 73.8 cm³/mol. The Morgan fingerprint density at radius 1 is 1.33 bits per heavy atom. The molecule has 2 rings (SSSR count). The molecule has 1 aromatic rings. The number of hydrogen-bond acceptors (Lipinski definition) is 3. The summed E-state index contributed by atoms with van der Waals surface area (Å²) in [5.41, 5.74) is 0.702. The highest BCUT2D eigenvalue weighted by atomic mass is 79.9. The molecule has 1 heterocycles. The van der Waals surface area contributed by atoms with Crippen LogP contribution in [0.2, 0.25) is 0 Å². The smallest absolute Gasteiger partial charge is 0.224 e. The second-order valence-electron chi connectivity index (χ2n) is 4.18. The van der Waals surface area contributed by atoms with Crippen molar-refractivity contribution in [1.82, 2.24) is 0 Å². The van der Waals surface area contributed by atoms with Gasteiger partial charge in [-0.3, -0.25) is 4.79 Å². The Morgan fingerprint density at radius 3 is 2.56 bits per heavy atom. The molecule has 1 aromatic carbocycles. The van der Waals surface area contributed by atoms with Crippen molar-refractivity contribution < 1.29 is 13.2 Å². The Labute approximate surface area is 114 Å². The van der Waals surface area contributed by atoms with Crippen LogP contribution in [0.25, 0.3) is 0 Å². The van der Waals surface area contributed by atoms with E-state index < -0.39 is 9.84 Å². The van der Waals surface area contributed by atoms with Crippen LogP contribution in [-0.4, -0.2) is 20.1 Å². The fourth-order valence-corrected chi connectivity index (χ4v) is 3.41. The molecule has 1 amide bonds. The first-order valence-corrected chi connectivity index (χ1v) is 7.92. The van der Waals surface area contributed by atoms with E-state index in [2.05, 4.69) is 21.2 Å².